The maximum Gasteiger partial charge on any atom is 0.235 e. The summed E-state index contributed by atoms with van der Waals surface area (Å²) in [5.41, 5.74) is 0. The Labute approximate surface area is 74.1 Å². The summed E-state index contributed by atoms with van der Waals surface area (Å²) in [4.78, 5) is 10.4. The molecule has 1 amide bonds. The standard InChI is InChI=1S/C5H6Cl3NO/c6-3-5(10)9-2-1-4(7)8/h1H,2-3H2,(H,9,10). The molecule has 0 aliphatic carbocycles. The number of carbonyl (C=O) groups is 1. The summed E-state index contributed by atoms with van der Waals surface area (Å²) in [5.74, 6) is -0.291. The van der Waals surface area contributed by atoms with Crippen molar-refractivity contribution in [2.75, 3.05) is 12.4 Å². The fourth-order valence-corrected chi connectivity index (χ4v) is 0.538. The minimum atomic E-state index is -0.243. The van der Waals surface area contributed by atoms with E-state index in [-0.39, 0.29) is 16.3 Å². The van der Waals surface area contributed by atoms with Crippen LogP contribution < -0.4 is 5.32 Å². The highest BCUT2D eigenvalue weighted by Crippen LogP contribution is 2.03. The van der Waals surface area contributed by atoms with Crippen LogP contribution in [0.4, 0.5) is 0 Å². The first-order chi connectivity index (χ1) is 4.66. The third-order valence-electron chi connectivity index (χ3n) is 0.677. The van der Waals surface area contributed by atoms with Gasteiger partial charge in [0, 0.05) is 6.54 Å². The number of hydrogen-bond acceptors (Lipinski definition) is 1. The monoisotopic (exact) mass is 201 g/mol. The third-order valence-corrected chi connectivity index (χ3v) is 1.23. The fourth-order valence-electron chi connectivity index (χ4n) is 0.289. The number of rotatable bonds is 3. The molecule has 0 spiro atoms. The molecule has 0 aromatic carbocycles. The molecule has 0 aliphatic heterocycles. The van der Waals surface area contributed by atoms with Gasteiger partial charge in [-0.15, -0.1) is 11.6 Å². The van der Waals surface area contributed by atoms with Crippen LogP contribution in [0.2, 0.25) is 0 Å². The van der Waals surface area contributed by atoms with Crippen molar-refractivity contribution in [2.24, 2.45) is 0 Å². The van der Waals surface area contributed by atoms with E-state index >= 15 is 0 Å². The topological polar surface area (TPSA) is 29.1 Å². The van der Waals surface area contributed by atoms with Gasteiger partial charge in [-0.25, -0.2) is 0 Å². The molecule has 0 aromatic heterocycles. The largest absolute Gasteiger partial charge is 0.352 e. The minimum absolute atomic E-state index is 0.0479. The Hall–Kier alpha value is 0.0800. The molecular weight excluding hydrogens is 196 g/mol. The average molecular weight is 202 g/mol. The van der Waals surface area contributed by atoms with Crippen molar-refractivity contribution in [3.8, 4) is 0 Å². The Morgan fingerprint density at radius 2 is 2.10 bits per heavy atom. The van der Waals surface area contributed by atoms with Gasteiger partial charge in [-0.2, -0.15) is 0 Å². The SMILES string of the molecule is O=C(CCl)NCC=C(Cl)Cl. The lowest BCUT2D eigenvalue weighted by molar-refractivity contribution is -0.118. The molecule has 0 bridgehead atoms. The highest BCUT2D eigenvalue weighted by molar-refractivity contribution is 6.55. The van der Waals surface area contributed by atoms with E-state index in [9.17, 15) is 4.79 Å². The molecule has 0 radical (unpaired) electrons. The first kappa shape index (κ1) is 10.1. The fraction of sp³-hybridized carbons (Fsp3) is 0.400. The van der Waals surface area contributed by atoms with Crippen LogP contribution >= 0.6 is 34.8 Å². The van der Waals surface area contributed by atoms with Gasteiger partial charge in [-0.05, 0) is 6.08 Å². The molecule has 0 aliphatic rings. The Kier molecular flexibility index (Phi) is 5.88. The van der Waals surface area contributed by atoms with E-state index in [4.69, 9.17) is 34.8 Å². The predicted molar refractivity (Wildman–Crippen MR) is 43.5 cm³/mol. The normalized spacial score (nSPS) is 8.70. The molecule has 10 heavy (non-hydrogen) atoms. The molecule has 2 nitrogen and oxygen atoms in total. The van der Waals surface area contributed by atoms with Gasteiger partial charge in [0.2, 0.25) is 5.91 Å². The van der Waals surface area contributed by atoms with Crippen LogP contribution in [0.25, 0.3) is 0 Å². The van der Waals surface area contributed by atoms with Gasteiger partial charge in [0.15, 0.2) is 0 Å². The molecule has 0 aromatic rings. The number of nitrogens with one attached hydrogen (secondary N) is 1. The van der Waals surface area contributed by atoms with E-state index in [2.05, 4.69) is 5.32 Å². The van der Waals surface area contributed by atoms with Crippen LogP contribution in [0.1, 0.15) is 0 Å². The number of hydrogen-bond donors (Lipinski definition) is 1. The Morgan fingerprint density at radius 3 is 2.50 bits per heavy atom. The average Bonchev–Trinajstić information content (AvgIpc) is 1.87. The Morgan fingerprint density at radius 1 is 1.50 bits per heavy atom. The van der Waals surface area contributed by atoms with Gasteiger partial charge < -0.3 is 5.32 Å². The third kappa shape index (κ3) is 6.20. The first-order valence-electron chi connectivity index (χ1n) is 2.50. The molecule has 0 fully saturated rings. The van der Waals surface area contributed by atoms with Gasteiger partial charge in [0.25, 0.3) is 0 Å². The van der Waals surface area contributed by atoms with Crippen LogP contribution in [0, 0.1) is 0 Å². The van der Waals surface area contributed by atoms with Crippen molar-refractivity contribution >= 4 is 40.7 Å². The molecular formula is C5H6Cl3NO. The van der Waals surface area contributed by atoms with Crippen molar-refractivity contribution < 1.29 is 4.79 Å². The zero-order chi connectivity index (χ0) is 7.98. The molecule has 0 heterocycles. The molecule has 0 atom stereocenters. The van der Waals surface area contributed by atoms with Crippen molar-refractivity contribution in [1.29, 1.82) is 0 Å². The second kappa shape index (κ2) is 5.83. The smallest absolute Gasteiger partial charge is 0.235 e. The van der Waals surface area contributed by atoms with Gasteiger partial charge in [0.05, 0.1) is 0 Å². The number of carbonyl (C=O) groups excluding carboxylic acids is 1. The van der Waals surface area contributed by atoms with Gasteiger partial charge >= 0.3 is 0 Å². The molecule has 0 saturated heterocycles. The van der Waals surface area contributed by atoms with Crippen LogP contribution in [0.3, 0.4) is 0 Å². The lowest BCUT2D eigenvalue weighted by atomic mass is 10.6. The van der Waals surface area contributed by atoms with Crippen molar-refractivity contribution in [3.05, 3.63) is 10.6 Å². The minimum Gasteiger partial charge on any atom is -0.352 e. The number of amides is 1. The molecule has 5 heteroatoms. The summed E-state index contributed by atoms with van der Waals surface area (Å²) < 4.78 is 0.134. The number of halogens is 3. The summed E-state index contributed by atoms with van der Waals surface area (Å²) >= 11 is 15.7. The highest BCUT2D eigenvalue weighted by Gasteiger charge is 1.93. The summed E-state index contributed by atoms with van der Waals surface area (Å²) in [5, 5.41) is 2.45. The summed E-state index contributed by atoms with van der Waals surface area (Å²) in [7, 11) is 0. The first-order valence-corrected chi connectivity index (χ1v) is 3.79. The molecule has 0 rings (SSSR count). The van der Waals surface area contributed by atoms with Crippen molar-refractivity contribution in [3.63, 3.8) is 0 Å². The lowest BCUT2D eigenvalue weighted by Crippen LogP contribution is -2.24. The van der Waals surface area contributed by atoms with E-state index in [1.807, 2.05) is 0 Å². The van der Waals surface area contributed by atoms with Crippen LogP contribution in [-0.4, -0.2) is 18.3 Å². The van der Waals surface area contributed by atoms with E-state index in [1.54, 1.807) is 0 Å². The summed E-state index contributed by atoms with van der Waals surface area (Å²) in [6.07, 6.45) is 1.47. The van der Waals surface area contributed by atoms with E-state index in [0.29, 0.717) is 6.54 Å². The molecule has 0 saturated carbocycles. The summed E-state index contributed by atoms with van der Waals surface area (Å²) in [6, 6.07) is 0. The Bertz CT molecular complexity index is 142. The Balaban J connectivity index is 3.37. The van der Waals surface area contributed by atoms with Crippen LogP contribution in [0.15, 0.2) is 10.6 Å². The van der Waals surface area contributed by atoms with Crippen LogP contribution in [-0.2, 0) is 4.79 Å². The zero-order valence-corrected chi connectivity index (χ0v) is 7.30. The summed E-state index contributed by atoms with van der Waals surface area (Å²) in [6.45, 7) is 0.313. The lowest BCUT2D eigenvalue weighted by Gasteiger charge is -1.95. The zero-order valence-electron chi connectivity index (χ0n) is 5.03. The van der Waals surface area contributed by atoms with E-state index < -0.39 is 0 Å². The van der Waals surface area contributed by atoms with E-state index in [1.165, 1.54) is 6.08 Å². The van der Waals surface area contributed by atoms with E-state index in [0.717, 1.165) is 0 Å². The molecule has 58 valence electrons. The maximum absolute atomic E-state index is 10.4. The van der Waals surface area contributed by atoms with Crippen molar-refractivity contribution in [2.45, 2.75) is 0 Å². The number of alkyl halides is 1. The second-order valence-electron chi connectivity index (χ2n) is 1.43. The quantitative estimate of drug-likeness (QED) is 0.693. The van der Waals surface area contributed by atoms with Gasteiger partial charge in [0.1, 0.15) is 10.4 Å². The predicted octanol–water partition coefficient (Wildman–Crippen LogP) is 1.66. The molecule has 0 unspecified atom stereocenters. The highest BCUT2D eigenvalue weighted by atomic mass is 35.5. The molecule has 1 N–H and O–H groups in total. The second-order valence-corrected chi connectivity index (χ2v) is 2.71. The van der Waals surface area contributed by atoms with Gasteiger partial charge in [-0.1, -0.05) is 23.2 Å². The maximum atomic E-state index is 10.4. The van der Waals surface area contributed by atoms with Gasteiger partial charge in [-0.3, -0.25) is 4.79 Å². The van der Waals surface area contributed by atoms with Crippen molar-refractivity contribution in [1.82, 2.24) is 5.32 Å². The van der Waals surface area contributed by atoms with Crippen LogP contribution in [0.5, 0.6) is 0 Å².